The molecule has 1 saturated heterocycles. The van der Waals surface area contributed by atoms with Crippen molar-refractivity contribution in [3.63, 3.8) is 0 Å². The second-order valence-corrected chi connectivity index (χ2v) is 9.96. The molecule has 0 spiro atoms. The van der Waals surface area contributed by atoms with Crippen LogP contribution >= 0.6 is 23.2 Å². The van der Waals surface area contributed by atoms with Gasteiger partial charge in [0.15, 0.2) is 5.03 Å². The lowest BCUT2D eigenvalue weighted by Crippen LogP contribution is -2.45. The van der Waals surface area contributed by atoms with Crippen LogP contribution in [0, 0.1) is 6.92 Å². The van der Waals surface area contributed by atoms with E-state index in [2.05, 4.69) is 14.6 Å². The molecule has 30 heavy (non-hydrogen) atoms. The maximum absolute atomic E-state index is 12.3. The molecule has 1 atom stereocenters. The van der Waals surface area contributed by atoms with Crippen LogP contribution in [0.15, 0.2) is 29.4 Å². The average Bonchev–Trinajstić information content (AvgIpc) is 3.04. The van der Waals surface area contributed by atoms with Gasteiger partial charge in [-0.2, -0.15) is 0 Å². The molecule has 1 aliphatic rings. The summed E-state index contributed by atoms with van der Waals surface area (Å²) in [4.78, 5) is 6.12. The number of nitrogens with zero attached hydrogens (tertiary/aromatic N) is 3. The van der Waals surface area contributed by atoms with Gasteiger partial charge < -0.3 is 19.3 Å². The molecule has 2 aromatic rings. The number of rotatable bonds is 8. The van der Waals surface area contributed by atoms with Gasteiger partial charge in [0, 0.05) is 45.5 Å². The second kappa shape index (κ2) is 9.84. The summed E-state index contributed by atoms with van der Waals surface area (Å²) < 4.78 is 34.6. The Balaban J connectivity index is 1.42. The zero-order valence-electron chi connectivity index (χ0n) is 16.9. The molecule has 8 nitrogen and oxygen atoms in total. The molecule has 166 valence electrons. The Morgan fingerprint density at radius 1 is 1.30 bits per heavy atom. The fraction of sp³-hybridized carbons (Fsp3) is 0.526. The number of aliphatic hydroxyl groups is 1. The Labute approximate surface area is 186 Å². The number of aryl methyl sites for hydroxylation is 2. The zero-order valence-corrected chi connectivity index (χ0v) is 19.2. The van der Waals surface area contributed by atoms with Crippen molar-refractivity contribution in [2.45, 2.75) is 37.0 Å². The fourth-order valence-corrected chi connectivity index (χ4v) is 4.65. The lowest BCUT2D eigenvalue weighted by atomic mass is 10.1. The third-order valence-electron chi connectivity index (χ3n) is 5.07. The standard InChI is InChI=1S/C19H26Cl2N4O4S/c1-13-23-19(12-24(13)2)30(27,28)22-10-14(26)11-25-7-5-15(6-8-25)29-16-3-4-17(20)18(21)9-16/h3-4,9,12,14-15,22,26H,5-8,10-11H2,1-2H3/t14-/m1/s1. The van der Waals surface area contributed by atoms with Crippen LogP contribution in [0.4, 0.5) is 0 Å². The molecule has 2 N–H and O–H groups in total. The third-order valence-corrected chi connectivity index (χ3v) is 7.10. The molecule has 0 saturated carbocycles. The number of imidazole rings is 1. The molecule has 3 rings (SSSR count). The highest BCUT2D eigenvalue weighted by Gasteiger charge is 2.24. The van der Waals surface area contributed by atoms with Crippen molar-refractivity contribution < 1.29 is 18.3 Å². The molecule has 11 heteroatoms. The Bertz CT molecular complexity index is 955. The number of sulfonamides is 1. The summed E-state index contributed by atoms with van der Waals surface area (Å²) >= 11 is 11.9. The van der Waals surface area contributed by atoms with Gasteiger partial charge in [-0.3, -0.25) is 0 Å². The Hall–Kier alpha value is -1.36. The molecule has 1 aromatic heterocycles. The van der Waals surface area contributed by atoms with Crippen LogP contribution in [0.2, 0.25) is 10.0 Å². The quantitative estimate of drug-likeness (QED) is 0.606. The van der Waals surface area contributed by atoms with Crippen LogP contribution in [0.5, 0.6) is 5.75 Å². The van der Waals surface area contributed by atoms with E-state index in [0.717, 1.165) is 25.9 Å². The van der Waals surface area contributed by atoms with Crippen molar-refractivity contribution in [1.82, 2.24) is 19.2 Å². The van der Waals surface area contributed by atoms with Gasteiger partial charge in [0.05, 0.1) is 16.1 Å². The topological polar surface area (TPSA) is 96.7 Å². The molecular weight excluding hydrogens is 451 g/mol. The van der Waals surface area contributed by atoms with Gasteiger partial charge in [-0.05, 0) is 31.9 Å². The lowest BCUT2D eigenvalue weighted by molar-refractivity contribution is 0.0630. The van der Waals surface area contributed by atoms with Crippen LogP contribution in [0.1, 0.15) is 18.7 Å². The van der Waals surface area contributed by atoms with Crippen LogP contribution in [0.3, 0.4) is 0 Å². The van der Waals surface area contributed by atoms with E-state index in [-0.39, 0.29) is 17.7 Å². The van der Waals surface area contributed by atoms with E-state index in [1.807, 2.05) is 0 Å². The van der Waals surface area contributed by atoms with E-state index in [9.17, 15) is 13.5 Å². The van der Waals surface area contributed by atoms with Crippen molar-refractivity contribution in [3.8, 4) is 5.75 Å². The van der Waals surface area contributed by atoms with E-state index >= 15 is 0 Å². The number of hydrogen-bond donors (Lipinski definition) is 2. The Kier molecular flexibility index (Phi) is 7.65. The van der Waals surface area contributed by atoms with Crippen molar-refractivity contribution in [2.75, 3.05) is 26.2 Å². The van der Waals surface area contributed by atoms with Crippen LogP contribution in [0.25, 0.3) is 0 Å². The average molecular weight is 477 g/mol. The molecule has 1 aliphatic heterocycles. The van der Waals surface area contributed by atoms with Crippen LogP contribution in [-0.2, 0) is 17.1 Å². The first-order chi connectivity index (χ1) is 14.1. The number of aliphatic hydroxyl groups excluding tert-OH is 1. The minimum atomic E-state index is -3.75. The van der Waals surface area contributed by atoms with E-state index < -0.39 is 16.1 Å². The van der Waals surface area contributed by atoms with Gasteiger partial charge in [-0.15, -0.1) is 0 Å². The van der Waals surface area contributed by atoms with Gasteiger partial charge in [-0.25, -0.2) is 18.1 Å². The summed E-state index contributed by atoms with van der Waals surface area (Å²) in [6.45, 7) is 3.52. The maximum atomic E-state index is 12.3. The van der Waals surface area contributed by atoms with E-state index in [1.54, 1.807) is 36.7 Å². The van der Waals surface area contributed by atoms with Crippen LogP contribution in [-0.4, -0.2) is 66.4 Å². The van der Waals surface area contributed by atoms with Crippen molar-refractivity contribution in [1.29, 1.82) is 0 Å². The molecule has 0 unspecified atom stereocenters. The van der Waals surface area contributed by atoms with Gasteiger partial charge in [0.2, 0.25) is 0 Å². The monoisotopic (exact) mass is 476 g/mol. The molecule has 1 fully saturated rings. The number of ether oxygens (including phenoxy) is 1. The van der Waals surface area contributed by atoms with E-state index in [0.29, 0.717) is 28.2 Å². The van der Waals surface area contributed by atoms with E-state index in [1.165, 1.54) is 6.20 Å². The molecule has 0 aliphatic carbocycles. The SMILES string of the molecule is Cc1nc(S(=O)(=O)NC[C@@H](O)CN2CCC(Oc3ccc(Cl)c(Cl)c3)CC2)cn1C. The molecule has 0 amide bonds. The first-order valence-electron chi connectivity index (χ1n) is 9.66. The van der Waals surface area contributed by atoms with Gasteiger partial charge in [0.1, 0.15) is 17.7 Å². The lowest BCUT2D eigenvalue weighted by Gasteiger charge is -2.33. The van der Waals surface area contributed by atoms with Crippen molar-refractivity contribution in [2.24, 2.45) is 7.05 Å². The molecular formula is C19H26Cl2N4O4S. The number of β-amino-alcohol motifs (C(OH)–C–C–N with tert-alkyl or cyclic N) is 1. The fourth-order valence-electron chi connectivity index (χ4n) is 3.25. The minimum Gasteiger partial charge on any atom is -0.490 e. The highest BCUT2D eigenvalue weighted by Crippen LogP contribution is 2.28. The normalized spacial score (nSPS) is 17.2. The number of hydrogen-bond acceptors (Lipinski definition) is 6. The highest BCUT2D eigenvalue weighted by atomic mass is 35.5. The predicted molar refractivity (Wildman–Crippen MR) is 116 cm³/mol. The number of piperidine rings is 1. The first-order valence-corrected chi connectivity index (χ1v) is 11.9. The summed E-state index contributed by atoms with van der Waals surface area (Å²) in [7, 11) is -2.02. The summed E-state index contributed by atoms with van der Waals surface area (Å²) in [6, 6.07) is 5.20. The highest BCUT2D eigenvalue weighted by molar-refractivity contribution is 7.89. The number of nitrogens with one attached hydrogen (secondary N) is 1. The summed E-state index contributed by atoms with van der Waals surface area (Å²) in [6.07, 6.45) is 2.28. The number of benzene rings is 1. The largest absolute Gasteiger partial charge is 0.490 e. The third kappa shape index (κ3) is 6.09. The number of aromatic nitrogens is 2. The second-order valence-electron chi connectivity index (χ2n) is 7.44. The molecule has 0 radical (unpaired) electrons. The van der Waals surface area contributed by atoms with Gasteiger partial charge in [0.25, 0.3) is 10.0 Å². The summed E-state index contributed by atoms with van der Waals surface area (Å²) in [5.41, 5.74) is 0. The number of likely N-dealkylation sites (tertiary alicyclic amines) is 1. The van der Waals surface area contributed by atoms with E-state index in [4.69, 9.17) is 27.9 Å². The minimum absolute atomic E-state index is 0.0463. The molecule has 0 bridgehead atoms. The zero-order chi connectivity index (χ0) is 21.9. The maximum Gasteiger partial charge on any atom is 0.259 e. The first kappa shape index (κ1) is 23.3. The summed E-state index contributed by atoms with van der Waals surface area (Å²) in [5, 5.41) is 11.2. The Morgan fingerprint density at radius 2 is 2.00 bits per heavy atom. The molecule has 2 heterocycles. The smallest absolute Gasteiger partial charge is 0.259 e. The molecule has 1 aromatic carbocycles. The van der Waals surface area contributed by atoms with Gasteiger partial charge in [-0.1, -0.05) is 23.2 Å². The van der Waals surface area contributed by atoms with Crippen molar-refractivity contribution in [3.05, 3.63) is 40.3 Å². The predicted octanol–water partition coefficient (Wildman–Crippen LogP) is 2.22. The Morgan fingerprint density at radius 3 is 2.60 bits per heavy atom. The van der Waals surface area contributed by atoms with Crippen LogP contribution < -0.4 is 9.46 Å². The van der Waals surface area contributed by atoms with Gasteiger partial charge >= 0.3 is 0 Å². The summed E-state index contributed by atoms with van der Waals surface area (Å²) in [5.74, 6) is 1.28. The van der Waals surface area contributed by atoms with Crippen molar-refractivity contribution >= 4 is 33.2 Å². The number of halogens is 2.